The standard InChI is InChI=1S/C26H23N5O4/c1-33-22-11-10-16(12-23(22)34-2)13-27-24-25-28-14-21(31(25)30-15-29-24)19-8-4-7-18-17(19)6-5-9-20(18)26(32)35-3/h4-12,14-15H,13H2,1-3H3,(H,27,29,30). The van der Waals surface area contributed by atoms with Crippen LogP contribution < -0.4 is 14.8 Å². The molecule has 5 rings (SSSR count). The molecule has 0 saturated carbocycles. The van der Waals surface area contributed by atoms with E-state index in [1.807, 2.05) is 48.5 Å². The molecule has 0 aliphatic rings. The average molecular weight is 470 g/mol. The van der Waals surface area contributed by atoms with Crippen LogP contribution in [0.4, 0.5) is 5.82 Å². The van der Waals surface area contributed by atoms with Crippen molar-refractivity contribution in [1.82, 2.24) is 19.6 Å². The number of anilines is 1. The Morgan fingerprint density at radius 1 is 0.943 bits per heavy atom. The first kappa shape index (κ1) is 22.1. The van der Waals surface area contributed by atoms with Gasteiger partial charge in [-0.1, -0.05) is 36.4 Å². The van der Waals surface area contributed by atoms with Gasteiger partial charge in [0.2, 0.25) is 0 Å². The predicted molar refractivity (Wildman–Crippen MR) is 132 cm³/mol. The van der Waals surface area contributed by atoms with Crippen molar-refractivity contribution in [3.8, 4) is 22.8 Å². The molecule has 1 N–H and O–H groups in total. The Morgan fingerprint density at radius 3 is 2.54 bits per heavy atom. The first-order valence-electron chi connectivity index (χ1n) is 10.9. The summed E-state index contributed by atoms with van der Waals surface area (Å²) in [7, 11) is 4.59. The number of nitrogens with zero attached hydrogens (tertiary/aromatic N) is 4. The van der Waals surface area contributed by atoms with E-state index in [0.717, 1.165) is 27.6 Å². The molecule has 5 aromatic rings. The van der Waals surface area contributed by atoms with Gasteiger partial charge in [0.05, 0.1) is 38.8 Å². The van der Waals surface area contributed by atoms with Gasteiger partial charge >= 0.3 is 5.97 Å². The smallest absolute Gasteiger partial charge is 0.338 e. The third-order valence-electron chi connectivity index (χ3n) is 5.81. The first-order valence-corrected chi connectivity index (χ1v) is 10.9. The van der Waals surface area contributed by atoms with Crippen molar-refractivity contribution in [1.29, 1.82) is 0 Å². The number of aromatic nitrogens is 4. The summed E-state index contributed by atoms with van der Waals surface area (Å²) in [6, 6.07) is 17.1. The second kappa shape index (κ2) is 9.30. The second-order valence-corrected chi connectivity index (χ2v) is 7.73. The van der Waals surface area contributed by atoms with E-state index in [1.165, 1.54) is 13.4 Å². The summed E-state index contributed by atoms with van der Waals surface area (Å²) in [5.41, 5.74) is 3.77. The van der Waals surface area contributed by atoms with Gasteiger partial charge in [-0.15, -0.1) is 0 Å². The van der Waals surface area contributed by atoms with Gasteiger partial charge in [0, 0.05) is 12.1 Å². The number of carbonyl (C=O) groups is 1. The number of esters is 1. The van der Waals surface area contributed by atoms with Crippen LogP contribution in [-0.4, -0.2) is 46.9 Å². The quantitative estimate of drug-likeness (QED) is 0.351. The van der Waals surface area contributed by atoms with Crippen LogP contribution >= 0.6 is 0 Å². The van der Waals surface area contributed by atoms with E-state index in [2.05, 4.69) is 20.4 Å². The third-order valence-corrected chi connectivity index (χ3v) is 5.81. The molecule has 0 aliphatic heterocycles. The maximum atomic E-state index is 12.3. The van der Waals surface area contributed by atoms with Gasteiger partial charge in [-0.3, -0.25) is 0 Å². The molecule has 2 heterocycles. The zero-order chi connectivity index (χ0) is 24.4. The lowest BCUT2D eigenvalue weighted by Gasteiger charge is -2.11. The van der Waals surface area contributed by atoms with Crippen LogP contribution in [0.15, 0.2) is 67.1 Å². The van der Waals surface area contributed by atoms with Crippen molar-refractivity contribution in [2.75, 3.05) is 26.6 Å². The summed E-state index contributed by atoms with van der Waals surface area (Å²) < 4.78 is 17.4. The number of benzene rings is 3. The van der Waals surface area contributed by atoms with Gasteiger partial charge in [0.25, 0.3) is 0 Å². The Kier molecular flexibility index (Phi) is 5.88. The fraction of sp³-hybridized carbons (Fsp3) is 0.154. The Labute approximate surface area is 201 Å². The maximum absolute atomic E-state index is 12.3. The van der Waals surface area contributed by atoms with Gasteiger partial charge < -0.3 is 19.5 Å². The molecule has 9 nitrogen and oxygen atoms in total. The van der Waals surface area contributed by atoms with Crippen LogP contribution in [0.25, 0.3) is 27.7 Å². The number of fused-ring (bicyclic) bond motifs is 2. The van der Waals surface area contributed by atoms with E-state index in [0.29, 0.717) is 35.1 Å². The van der Waals surface area contributed by atoms with Crippen molar-refractivity contribution in [2.45, 2.75) is 6.54 Å². The third kappa shape index (κ3) is 3.97. The number of methoxy groups -OCH3 is 3. The first-order chi connectivity index (χ1) is 17.1. The SMILES string of the molecule is COC(=O)c1cccc2c(-c3cnc4c(NCc5ccc(OC)c(OC)c5)ncnn34)cccc12. The molecule has 9 heteroatoms. The Hall–Kier alpha value is -4.66. The molecule has 3 aromatic carbocycles. The van der Waals surface area contributed by atoms with Crippen LogP contribution in [0.2, 0.25) is 0 Å². The predicted octanol–water partition coefficient (Wildman–Crippen LogP) is 4.36. The molecule has 0 aliphatic carbocycles. The van der Waals surface area contributed by atoms with E-state index < -0.39 is 0 Å². The minimum absolute atomic E-state index is 0.380. The van der Waals surface area contributed by atoms with Gasteiger partial charge in [-0.2, -0.15) is 5.10 Å². The molecular formula is C26H23N5O4. The van der Waals surface area contributed by atoms with E-state index in [4.69, 9.17) is 14.2 Å². The lowest BCUT2D eigenvalue weighted by molar-refractivity contribution is 0.0603. The maximum Gasteiger partial charge on any atom is 0.338 e. The van der Waals surface area contributed by atoms with Gasteiger partial charge in [-0.25, -0.2) is 19.3 Å². The van der Waals surface area contributed by atoms with E-state index in [-0.39, 0.29) is 5.97 Å². The van der Waals surface area contributed by atoms with Crippen molar-refractivity contribution < 1.29 is 19.0 Å². The molecule has 0 bridgehead atoms. The molecule has 0 atom stereocenters. The summed E-state index contributed by atoms with van der Waals surface area (Å²) in [5.74, 6) is 1.54. The Balaban J connectivity index is 1.51. The second-order valence-electron chi connectivity index (χ2n) is 7.73. The molecule has 0 radical (unpaired) electrons. The highest BCUT2D eigenvalue weighted by Crippen LogP contribution is 2.32. The summed E-state index contributed by atoms with van der Waals surface area (Å²) >= 11 is 0. The van der Waals surface area contributed by atoms with Crippen molar-refractivity contribution in [3.63, 3.8) is 0 Å². The van der Waals surface area contributed by atoms with Crippen molar-refractivity contribution in [2.24, 2.45) is 0 Å². The minimum Gasteiger partial charge on any atom is -0.493 e. The Morgan fingerprint density at radius 2 is 1.74 bits per heavy atom. The number of hydrogen-bond donors (Lipinski definition) is 1. The molecule has 2 aromatic heterocycles. The molecule has 0 fully saturated rings. The van der Waals surface area contributed by atoms with Crippen molar-refractivity contribution in [3.05, 3.63) is 78.2 Å². The molecule has 0 spiro atoms. The highest BCUT2D eigenvalue weighted by Gasteiger charge is 2.17. The van der Waals surface area contributed by atoms with E-state index >= 15 is 0 Å². The molecule has 0 unspecified atom stereocenters. The fourth-order valence-corrected chi connectivity index (χ4v) is 4.12. The van der Waals surface area contributed by atoms with Gasteiger partial charge in [0.15, 0.2) is 23.0 Å². The molecule has 176 valence electrons. The largest absolute Gasteiger partial charge is 0.493 e. The highest BCUT2D eigenvalue weighted by molar-refractivity contribution is 6.08. The summed E-state index contributed by atoms with van der Waals surface area (Å²) in [6.07, 6.45) is 3.24. The van der Waals surface area contributed by atoms with Gasteiger partial charge in [-0.05, 0) is 34.5 Å². The summed E-state index contributed by atoms with van der Waals surface area (Å²) in [5, 5.41) is 9.47. The normalized spacial score (nSPS) is 10.9. The molecule has 0 amide bonds. The number of carbonyl (C=O) groups excluding carboxylic acids is 1. The number of nitrogens with one attached hydrogen (secondary N) is 1. The number of hydrogen-bond acceptors (Lipinski definition) is 8. The lowest BCUT2D eigenvalue weighted by Crippen LogP contribution is -2.06. The fourth-order valence-electron chi connectivity index (χ4n) is 4.12. The average Bonchev–Trinajstić information content (AvgIpc) is 3.35. The molecular weight excluding hydrogens is 446 g/mol. The topological polar surface area (TPSA) is 99.9 Å². The van der Waals surface area contributed by atoms with Crippen LogP contribution in [0, 0.1) is 0 Å². The number of ether oxygens (including phenoxy) is 3. The van der Waals surface area contributed by atoms with Crippen LogP contribution in [0.3, 0.4) is 0 Å². The zero-order valence-corrected chi connectivity index (χ0v) is 19.5. The van der Waals surface area contributed by atoms with Crippen LogP contribution in [-0.2, 0) is 11.3 Å². The van der Waals surface area contributed by atoms with E-state index in [1.54, 1.807) is 31.0 Å². The minimum atomic E-state index is -0.380. The number of rotatable bonds is 7. The lowest BCUT2D eigenvalue weighted by atomic mass is 9.98. The molecule has 35 heavy (non-hydrogen) atoms. The monoisotopic (exact) mass is 469 g/mol. The highest BCUT2D eigenvalue weighted by atomic mass is 16.5. The van der Waals surface area contributed by atoms with Gasteiger partial charge in [0.1, 0.15) is 6.33 Å². The zero-order valence-electron chi connectivity index (χ0n) is 19.5. The molecule has 0 saturated heterocycles. The van der Waals surface area contributed by atoms with E-state index in [9.17, 15) is 4.79 Å². The van der Waals surface area contributed by atoms with Crippen LogP contribution in [0.5, 0.6) is 11.5 Å². The number of imidazole rings is 1. The Bertz CT molecular complexity index is 1550. The van der Waals surface area contributed by atoms with Crippen LogP contribution in [0.1, 0.15) is 15.9 Å². The van der Waals surface area contributed by atoms with Crippen molar-refractivity contribution >= 4 is 28.2 Å². The summed E-state index contributed by atoms with van der Waals surface area (Å²) in [6.45, 7) is 0.506. The summed E-state index contributed by atoms with van der Waals surface area (Å²) in [4.78, 5) is 21.2.